The summed E-state index contributed by atoms with van der Waals surface area (Å²) in [6.07, 6.45) is 1.68. The minimum Gasteiger partial charge on any atom is -0.497 e. The molecule has 1 aliphatic heterocycles. The van der Waals surface area contributed by atoms with E-state index in [0.29, 0.717) is 24.8 Å². The van der Waals surface area contributed by atoms with Gasteiger partial charge >= 0.3 is 0 Å². The Kier molecular flexibility index (Phi) is 7.12. The molecule has 0 spiro atoms. The van der Waals surface area contributed by atoms with Gasteiger partial charge in [-0.05, 0) is 43.4 Å². The van der Waals surface area contributed by atoms with Gasteiger partial charge in [0.15, 0.2) is 0 Å². The van der Waals surface area contributed by atoms with Crippen molar-refractivity contribution in [3.63, 3.8) is 0 Å². The van der Waals surface area contributed by atoms with Crippen LogP contribution < -0.4 is 10.5 Å². The summed E-state index contributed by atoms with van der Waals surface area (Å²) < 4.78 is 31.7. The average Bonchev–Trinajstić information content (AvgIpc) is 2.47. The van der Waals surface area contributed by atoms with Gasteiger partial charge in [-0.1, -0.05) is 12.1 Å². The Hall–Kier alpha value is -0.820. The number of sulfonamides is 1. The zero-order chi connectivity index (χ0) is 15.5. The van der Waals surface area contributed by atoms with Gasteiger partial charge in [-0.2, -0.15) is 0 Å². The molecule has 1 aromatic carbocycles. The predicted molar refractivity (Wildman–Crippen MR) is 90.8 cm³/mol. The van der Waals surface area contributed by atoms with Gasteiger partial charge in [0.25, 0.3) is 0 Å². The first kappa shape index (κ1) is 19.2. The van der Waals surface area contributed by atoms with E-state index in [1.54, 1.807) is 17.5 Å². The molecule has 1 unspecified atom stereocenters. The van der Waals surface area contributed by atoms with Crippen molar-refractivity contribution in [1.29, 1.82) is 0 Å². The molecule has 2 N–H and O–H groups in total. The largest absolute Gasteiger partial charge is 0.497 e. The van der Waals surface area contributed by atoms with Crippen LogP contribution in [0.3, 0.4) is 0 Å². The Morgan fingerprint density at radius 2 is 2.00 bits per heavy atom. The fourth-order valence-corrected chi connectivity index (χ4v) is 4.29. The van der Waals surface area contributed by atoms with Crippen molar-refractivity contribution < 1.29 is 13.2 Å². The second kappa shape index (κ2) is 8.15. The van der Waals surface area contributed by atoms with Gasteiger partial charge in [0, 0.05) is 19.1 Å². The van der Waals surface area contributed by atoms with Crippen LogP contribution in [0.15, 0.2) is 24.3 Å². The third kappa shape index (κ3) is 4.84. The SMILES string of the molecule is COc1cccc(CS(=O)(=O)N2CCC(C(C)N)CC2)c1.Cl. The number of benzene rings is 1. The van der Waals surface area contributed by atoms with E-state index in [9.17, 15) is 8.42 Å². The third-order valence-electron chi connectivity index (χ3n) is 4.12. The highest BCUT2D eigenvalue weighted by molar-refractivity contribution is 7.88. The minimum atomic E-state index is -3.27. The van der Waals surface area contributed by atoms with Crippen LogP contribution >= 0.6 is 12.4 Å². The van der Waals surface area contributed by atoms with Gasteiger partial charge in [0.1, 0.15) is 5.75 Å². The van der Waals surface area contributed by atoms with Crippen molar-refractivity contribution in [2.45, 2.75) is 31.6 Å². The van der Waals surface area contributed by atoms with E-state index in [0.717, 1.165) is 18.4 Å². The molecule has 0 amide bonds. The smallest absolute Gasteiger partial charge is 0.218 e. The molecule has 22 heavy (non-hydrogen) atoms. The van der Waals surface area contributed by atoms with E-state index < -0.39 is 10.0 Å². The van der Waals surface area contributed by atoms with E-state index >= 15 is 0 Å². The maximum absolute atomic E-state index is 12.5. The molecule has 1 aromatic rings. The topological polar surface area (TPSA) is 72.6 Å². The van der Waals surface area contributed by atoms with Gasteiger partial charge in [0.2, 0.25) is 10.0 Å². The predicted octanol–water partition coefficient (Wildman–Crippen LogP) is 2.01. The van der Waals surface area contributed by atoms with Crippen molar-refractivity contribution in [3.05, 3.63) is 29.8 Å². The van der Waals surface area contributed by atoms with Crippen LogP contribution in [0.2, 0.25) is 0 Å². The van der Waals surface area contributed by atoms with Crippen LogP contribution in [0.25, 0.3) is 0 Å². The highest BCUT2D eigenvalue weighted by Gasteiger charge is 2.29. The van der Waals surface area contributed by atoms with Gasteiger partial charge in [-0.15, -0.1) is 12.4 Å². The number of nitrogens with two attached hydrogens (primary N) is 1. The Bertz CT molecular complexity index is 570. The highest BCUT2D eigenvalue weighted by Crippen LogP contribution is 2.24. The molecule has 0 aliphatic carbocycles. The molecular formula is C15H25ClN2O3S. The number of halogens is 1. The number of hydrogen-bond acceptors (Lipinski definition) is 4. The molecule has 7 heteroatoms. The summed E-state index contributed by atoms with van der Waals surface area (Å²) in [5, 5.41) is 0. The second-order valence-corrected chi connectivity index (χ2v) is 7.67. The number of ether oxygens (including phenoxy) is 1. The van der Waals surface area contributed by atoms with Crippen molar-refractivity contribution >= 4 is 22.4 Å². The summed E-state index contributed by atoms with van der Waals surface area (Å²) in [5.41, 5.74) is 6.65. The zero-order valence-corrected chi connectivity index (χ0v) is 14.7. The number of rotatable bonds is 5. The summed E-state index contributed by atoms with van der Waals surface area (Å²) in [5.74, 6) is 1.12. The van der Waals surface area contributed by atoms with Crippen LogP contribution in [-0.4, -0.2) is 39.0 Å². The molecule has 1 atom stereocenters. The Balaban J connectivity index is 0.00000242. The molecule has 0 saturated carbocycles. The Morgan fingerprint density at radius 3 is 2.55 bits per heavy atom. The number of methoxy groups -OCH3 is 1. The molecule has 1 saturated heterocycles. The lowest BCUT2D eigenvalue weighted by molar-refractivity contribution is 0.250. The minimum absolute atomic E-state index is 0. The van der Waals surface area contributed by atoms with Crippen molar-refractivity contribution in [2.24, 2.45) is 11.7 Å². The summed E-state index contributed by atoms with van der Waals surface area (Å²) in [6.45, 7) is 3.13. The van der Waals surface area contributed by atoms with E-state index in [2.05, 4.69) is 0 Å². The summed E-state index contributed by atoms with van der Waals surface area (Å²) in [4.78, 5) is 0. The van der Waals surface area contributed by atoms with Crippen molar-refractivity contribution in [2.75, 3.05) is 20.2 Å². The first-order valence-electron chi connectivity index (χ1n) is 7.28. The molecular weight excluding hydrogens is 324 g/mol. The molecule has 1 fully saturated rings. The average molecular weight is 349 g/mol. The van der Waals surface area contributed by atoms with Crippen LogP contribution in [0.4, 0.5) is 0 Å². The Labute approximate surface area is 139 Å². The number of nitrogens with zero attached hydrogens (tertiary/aromatic N) is 1. The van der Waals surface area contributed by atoms with Gasteiger partial charge < -0.3 is 10.5 Å². The van der Waals surface area contributed by atoms with E-state index in [1.165, 1.54) is 0 Å². The first-order chi connectivity index (χ1) is 9.92. The lowest BCUT2D eigenvalue weighted by atomic mass is 9.92. The quantitative estimate of drug-likeness (QED) is 0.883. The van der Waals surface area contributed by atoms with Crippen molar-refractivity contribution in [1.82, 2.24) is 4.31 Å². The lowest BCUT2D eigenvalue weighted by Gasteiger charge is -2.33. The lowest BCUT2D eigenvalue weighted by Crippen LogP contribution is -2.42. The molecule has 5 nitrogen and oxygen atoms in total. The fraction of sp³-hybridized carbons (Fsp3) is 0.600. The number of piperidine rings is 1. The standard InChI is InChI=1S/C15H24N2O3S.ClH/c1-12(16)14-6-8-17(9-7-14)21(18,19)11-13-4-3-5-15(10-13)20-2;/h3-5,10,12,14H,6-9,11,16H2,1-2H3;1H. The zero-order valence-electron chi connectivity index (χ0n) is 13.1. The molecule has 0 bridgehead atoms. The molecule has 0 aromatic heterocycles. The fourth-order valence-electron chi connectivity index (χ4n) is 2.74. The normalized spacial score (nSPS) is 18.5. The maximum Gasteiger partial charge on any atom is 0.218 e. The molecule has 0 radical (unpaired) electrons. The summed E-state index contributed by atoms with van der Waals surface area (Å²) >= 11 is 0. The monoisotopic (exact) mass is 348 g/mol. The van der Waals surface area contributed by atoms with Gasteiger partial charge in [-0.25, -0.2) is 12.7 Å². The maximum atomic E-state index is 12.5. The first-order valence-corrected chi connectivity index (χ1v) is 8.89. The van der Waals surface area contributed by atoms with Crippen LogP contribution in [-0.2, 0) is 15.8 Å². The summed E-state index contributed by atoms with van der Waals surface area (Å²) in [6, 6.07) is 7.34. The molecule has 1 heterocycles. The summed E-state index contributed by atoms with van der Waals surface area (Å²) in [7, 11) is -1.70. The van der Waals surface area contributed by atoms with Crippen molar-refractivity contribution in [3.8, 4) is 5.75 Å². The van der Waals surface area contributed by atoms with E-state index in [1.807, 2.05) is 25.1 Å². The molecule has 2 rings (SSSR count). The molecule has 126 valence electrons. The van der Waals surface area contributed by atoms with E-state index in [4.69, 9.17) is 10.5 Å². The van der Waals surface area contributed by atoms with Gasteiger partial charge in [0.05, 0.1) is 12.9 Å². The third-order valence-corrected chi connectivity index (χ3v) is 5.97. The highest BCUT2D eigenvalue weighted by atomic mass is 35.5. The van der Waals surface area contributed by atoms with Gasteiger partial charge in [-0.3, -0.25) is 0 Å². The number of hydrogen-bond donors (Lipinski definition) is 1. The van der Waals surface area contributed by atoms with Crippen LogP contribution in [0, 0.1) is 5.92 Å². The van der Waals surface area contributed by atoms with Crippen LogP contribution in [0.1, 0.15) is 25.3 Å². The van der Waals surface area contributed by atoms with Crippen LogP contribution in [0.5, 0.6) is 5.75 Å². The second-order valence-electron chi connectivity index (χ2n) is 5.70. The molecule has 1 aliphatic rings. The Morgan fingerprint density at radius 1 is 1.36 bits per heavy atom. The van der Waals surface area contributed by atoms with E-state index in [-0.39, 0.29) is 24.2 Å².